The number of aryl methyl sites for hydroxylation is 1. The summed E-state index contributed by atoms with van der Waals surface area (Å²) in [5.74, 6) is 0. The number of anilines is 1. The van der Waals surface area contributed by atoms with E-state index in [1.165, 1.54) is 0 Å². The second-order valence-electron chi connectivity index (χ2n) is 7.24. The minimum Gasteiger partial charge on any atom is -0.292 e. The fourth-order valence-electron chi connectivity index (χ4n) is 3.49. The van der Waals surface area contributed by atoms with Crippen LogP contribution in [0.1, 0.15) is 6.42 Å². The molecule has 4 aromatic rings. The number of pyridine rings is 1. The predicted molar refractivity (Wildman–Crippen MR) is 117 cm³/mol. The lowest BCUT2D eigenvalue weighted by Crippen LogP contribution is -2.41. The Morgan fingerprint density at radius 1 is 0.966 bits per heavy atom. The summed E-state index contributed by atoms with van der Waals surface area (Å²) in [6, 6.07) is 14.5. The first kappa shape index (κ1) is 18.0. The van der Waals surface area contributed by atoms with Gasteiger partial charge in [-0.2, -0.15) is 5.10 Å². The number of fused-ring (bicyclic) bond motifs is 1. The number of hydrogen-bond acceptors (Lipinski definition) is 3. The van der Waals surface area contributed by atoms with E-state index in [-0.39, 0.29) is 0 Å². The Morgan fingerprint density at radius 2 is 1.76 bits per heavy atom. The molecular formula is C22H21N5OS. The van der Waals surface area contributed by atoms with Crippen molar-refractivity contribution < 1.29 is 4.21 Å². The van der Waals surface area contributed by atoms with Gasteiger partial charge in [0, 0.05) is 60.9 Å². The second kappa shape index (κ2) is 7.42. The highest BCUT2D eigenvalue weighted by Gasteiger charge is 2.20. The van der Waals surface area contributed by atoms with E-state index in [2.05, 4.69) is 45.1 Å². The van der Waals surface area contributed by atoms with Gasteiger partial charge in [0.25, 0.3) is 0 Å². The van der Waals surface area contributed by atoms with E-state index in [4.69, 9.17) is 0 Å². The molecule has 0 saturated carbocycles. The number of hydrogen-bond donors (Lipinski definition) is 1. The van der Waals surface area contributed by atoms with E-state index in [9.17, 15) is 4.21 Å². The van der Waals surface area contributed by atoms with Gasteiger partial charge in [0.2, 0.25) is 0 Å². The van der Waals surface area contributed by atoms with Gasteiger partial charge in [-0.15, -0.1) is 0 Å². The molecule has 1 atom stereocenters. The Balaban J connectivity index is 1.48. The molecular weight excluding hydrogens is 382 g/mol. The molecule has 29 heavy (non-hydrogen) atoms. The van der Waals surface area contributed by atoms with Crippen LogP contribution in [0.4, 0.5) is 5.69 Å². The molecule has 5 rings (SSSR count). The maximum absolute atomic E-state index is 12.4. The number of nitrogens with one attached hydrogen (secondary N) is 1. The number of benzene rings is 2. The van der Waals surface area contributed by atoms with E-state index in [0.717, 1.165) is 58.2 Å². The highest BCUT2D eigenvalue weighted by Crippen LogP contribution is 2.31. The van der Waals surface area contributed by atoms with Gasteiger partial charge >= 0.3 is 0 Å². The zero-order valence-electron chi connectivity index (χ0n) is 16.1. The topological polar surface area (TPSA) is 63.1 Å². The van der Waals surface area contributed by atoms with Crippen LogP contribution in [0.5, 0.6) is 0 Å². The number of nitrogens with zero attached hydrogens (tertiary/aromatic N) is 4. The Hall–Kier alpha value is -3.03. The van der Waals surface area contributed by atoms with Gasteiger partial charge in [-0.05, 0) is 35.1 Å². The molecule has 2 aromatic carbocycles. The number of rotatable bonds is 5. The zero-order chi connectivity index (χ0) is 19.8. The van der Waals surface area contributed by atoms with Crippen LogP contribution in [0, 0.1) is 0 Å². The van der Waals surface area contributed by atoms with Crippen LogP contribution in [0.3, 0.4) is 0 Å². The van der Waals surface area contributed by atoms with Crippen LogP contribution >= 0.6 is 0 Å². The fourth-order valence-corrected chi connectivity index (χ4v) is 4.54. The SMILES string of the molecule is Cn1cc(-c2ccc(-c3cncc4ccc(NS(=O)N5CCC5)cc34)cc2)cn1. The molecule has 3 heterocycles. The van der Waals surface area contributed by atoms with Gasteiger partial charge in [-0.25, -0.2) is 8.51 Å². The molecule has 0 bridgehead atoms. The van der Waals surface area contributed by atoms with Crippen molar-refractivity contribution in [1.82, 2.24) is 19.1 Å². The summed E-state index contributed by atoms with van der Waals surface area (Å²) in [7, 11) is 1.92. The van der Waals surface area contributed by atoms with E-state index in [1.54, 1.807) is 4.68 Å². The predicted octanol–water partition coefficient (Wildman–Crippen LogP) is 4.00. The molecule has 1 aliphatic rings. The van der Waals surface area contributed by atoms with Crippen molar-refractivity contribution in [3.63, 3.8) is 0 Å². The lowest BCUT2D eigenvalue weighted by molar-refractivity contribution is 0.329. The summed E-state index contributed by atoms with van der Waals surface area (Å²) in [6.07, 6.45) is 8.72. The summed E-state index contributed by atoms with van der Waals surface area (Å²) in [4.78, 5) is 4.41. The van der Waals surface area contributed by atoms with Gasteiger partial charge < -0.3 is 0 Å². The zero-order valence-corrected chi connectivity index (χ0v) is 16.9. The van der Waals surface area contributed by atoms with Crippen molar-refractivity contribution in [2.45, 2.75) is 6.42 Å². The molecule has 1 saturated heterocycles. The molecule has 146 valence electrons. The molecule has 7 heteroatoms. The van der Waals surface area contributed by atoms with Crippen molar-refractivity contribution in [3.05, 3.63) is 67.3 Å². The van der Waals surface area contributed by atoms with E-state index in [1.807, 2.05) is 48.3 Å². The molecule has 0 spiro atoms. The molecule has 1 aliphatic heterocycles. The van der Waals surface area contributed by atoms with E-state index >= 15 is 0 Å². The highest BCUT2D eigenvalue weighted by molar-refractivity contribution is 7.84. The Bertz CT molecular complexity index is 1200. The Labute approximate surface area is 171 Å². The Kier molecular flexibility index (Phi) is 4.61. The normalized spacial score (nSPS) is 15.2. The Morgan fingerprint density at radius 3 is 2.45 bits per heavy atom. The first-order valence-corrected chi connectivity index (χ1v) is 10.7. The smallest absolute Gasteiger partial charge is 0.196 e. The lowest BCUT2D eigenvalue weighted by atomic mass is 9.98. The lowest BCUT2D eigenvalue weighted by Gasteiger charge is -2.28. The van der Waals surface area contributed by atoms with Crippen molar-refractivity contribution in [1.29, 1.82) is 0 Å². The molecule has 0 aliphatic carbocycles. The van der Waals surface area contributed by atoms with Gasteiger partial charge in [0.15, 0.2) is 11.2 Å². The third kappa shape index (κ3) is 3.54. The van der Waals surface area contributed by atoms with Crippen molar-refractivity contribution in [3.8, 4) is 22.3 Å². The summed E-state index contributed by atoms with van der Waals surface area (Å²) in [5.41, 5.74) is 5.22. The molecule has 6 nitrogen and oxygen atoms in total. The molecule has 0 amide bonds. The van der Waals surface area contributed by atoms with Crippen LogP contribution in [-0.2, 0) is 18.2 Å². The van der Waals surface area contributed by atoms with Crippen LogP contribution in [-0.4, -0.2) is 36.4 Å². The van der Waals surface area contributed by atoms with Crippen LogP contribution in [0.15, 0.2) is 67.3 Å². The molecule has 1 N–H and O–H groups in total. The van der Waals surface area contributed by atoms with Gasteiger partial charge in [0.05, 0.1) is 6.20 Å². The summed E-state index contributed by atoms with van der Waals surface area (Å²) >= 11 is -1.19. The molecule has 1 fully saturated rings. The monoisotopic (exact) mass is 403 g/mol. The van der Waals surface area contributed by atoms with Crippen LogP contribution in [0.2, 0.25) is 0 Å². The van der Waals surface area contributed by atoms with Gasteiger partial charge in [-0.1, -0.05) is 30.3 Å². The summed E-state index contributed by atoms with van der Waals surface area (Å²) in [5, 5.41) is 6.38. The quantitative estimate of drug-likeness (QED) is 0.548. The van der Waals surface area contributed by atoms with E-state index in [0.29, 0.717) is 0 Å². The molecule has 2 aromatic heterocycles. The number of aromatic nitrogens is 3. The summed E-state index contributed by atoms with van der Waals surface area (Å²) < 4.78 is 19.2. The second-order valence-corrected chi connectivity index (χ2v) is 8.46. The van der Waals surface area contributed by atoms with Crippen LogP contribution < -0.4 is 4.72 Å². The van der Waals surface area contributed by atoms with Crippen molar-refractivity contribution in [2.75, 3.05) is 17.8 Å². The largest absolute Gasteiger partial charge is 0.292 e. The van der Waals surface area contributed by atoms with Crippen LogP contribution in [0.25, 0.3) is 33.0 Å². The maximum atomic E-state index is 12.4. The first-order chi connectivity index (χ1) is 14.2. The fraction of sp³-hybridized carbons (Fsp3) is 0.182. The standard InChI is InChI=1S/C22H21N5OS/c1-26-15-19(13-24-26)16-3-5-17(6-4-16)22-14-23-12-18-7-8-20(11-21(18)22)25-29(28)27-9-2-10-27/h3-8,11-15,25H,2,9-10H2,1H3. The maximum Gasteiger partial charge on any atom is 0.196 e. The van der Waals surface area contributed by atoms with Crippen molar-refractivity contribution in [2.24, 2.45) is 7.05 Å². The van der Waals surface area contributed by atoms with Gasteiger partial charge in [0.1, 0.15) is 0 Å². The van der Waals surface area contributed by atoms with E-state index < -0.39 is 11.2 Å². The minimum absolute atomic E-state index is 0.849. The third-order valence-corrected chi connectivity index (χ3v) is 6.49. The summed E-state index contributed by atoms with van der Waals surface area (Å²) in [6.45, 7) is 1.76. The highest BCUT2D eigenvalue weighted by atomic mass is 32.2. The molecule has 1 unspecified atom stereocenters. The third-order valence-electron chi connectivity index (χ3n) is 5.25. The first-order valence-electron chi connectivity index (χ1n) is 9.58. The average molecular weight is 404 g/mol. The average Bonchev–Trinajstić information content (AvgIpc) is 3.12. The van der Waals surface area contributed by atoms with Crippen molar-refractivity contribution >= 4 is 27.6 Å². The minimum atomic E-state index is -1.19. The molecule has 0 radical (unpaired) electrons. The van der Waals surface area contributed by atoms with Gasteiger partial charge in [-0.3, -0.25) is 14.4 Å².